The smallest absolute Gasteiger partial charge is 0.252 e. The Balaban J connectivity index is 0.000000172. The number of unbranched alkanes of at least 4 members (excludes halogenated alkanes) is 10. The second-order valence-corrected chi connectivity index (χ2v) is 21.5. The average molecular weight is 1170 g/mol. The van der Waals surface area contributed by atoms with Crippen molar-refractivity contribution < 1.29 is 19.2 Å². The van der Waals surface area contributed by atoms with Gasteiger partial charge < -0.3 is 25.1 Å². The lowest BCUT2D eigenvalue weighted by Gasteiger charge is -2.11. The number of ketones is 1. The fourth-order valence-electron chi connectivity index (χ4n) is 10.4. The molecule has 6 heterocycles. The van der Waals surface area contributed by atoms with Crippen LogP contribution in [0.15, 0.2) is 226 Å². The van der Waals surface area contributed by atoms with Crippen LogP contribution in [0.5, 0.6) is 0 Å². The fraction of sp³-hybridized carbons (Fsp3) is 0.253. The van der Waals surface area contributed by atoms with Crippen LogP contribution in [0.1, 0.15) is 117 Å². The molecule has 0 saturated heterocycles. The molecule has 0 aliphatic heterocycles. The lowest BCUT2D eigenvalue weighted by atomic mass is 10.1. The molecule has 0 atom stereocenters. The van der Waals surface area contributed by atoms with Crippen LogP contribution in [0.25, 0.3) is 62.2 Å². The molecule has 3 amide bonds. The van der Waals surface area contributed by atoms with E-state index in [1.165, 1.54) is 44.0 Å². The molecule has 0 radical (unpaired) electrons. The quantitative estimate of drug-likeness (QED) is 0.0296. The molecule has 0 unspecified atom stereocenters. The molecule has 6 aromatic heterocycles. The van der Waals surface area contributed by atoms with E-state index in [4.69, 9.17) is 0 Å². The summed E-state index contributed by atoms with van der Waals surface area (Å²) in [6.45, 7) is 4.11. The molecule has 13 nitrogen and oxygen atoms in total. The van der Waals surface area contributed by atoms with Gasteiger partial charge in [0.25, 0.3) is 5.91 Å². The van der Waals surface area contributed by atoms with Crippen molar-refractivity contribution in [2.24, 2.45) is 0 Å². The van der Waals surface area contributed by atoms with Crippen molar-refractivity contribution in [2.45, 2.75) is 103 Å². The number of aromatic nitrogens is 6. The van der Waals surface area contributed by atoms with Gasteiger partial charge in [0, 0.05) is 139 Å². The van der Waals surface area contributed by atoms with Crippen LogP contribution in [0.4, 0.5) is 0 Å². The van der Waals surface area contributed by atoms with Crippen molar-refractivity contribution in [3.63, 3.8) is 0 Å². The van der Waals surface area contributed by atoms with E-state index < -0.39 is 0 Å². The third kappa shape index (κ3) is 21.6. The van der Waals surface area contributed by atoms with Crippen LogP contribution < -0.4 is 16.0 Å². The largest absolute Gasteiger partial charge is 0.353 e. The molecule has 3 N–H and O–H groups in total. The molecule has 10 aromatic rings. The standard InChI is InChI=1S/C28H29N3O.C26H27N3O.C21H25N3O2/c32-28(17-16-23-11-10-18-29-22-23)30-19-8-1-2-9-20-31-26-15-7-6-14-25(26)21-27(31)24-12-4-3-5-13-24;30-26(16-15-21-10-9-17-27-20-21)28-18-7-1-2-8-19-29-24-13-5-3-11-22(24)23-12-4-6-14-25(23)29;25-20(12-11-18-8-6-13-22-16-18)10-4-2-1-3-5-15-24-21(26)19-9-7-14-23-17-19/h3-7,10-18,21-22H,1-2,8-9,19-20H2,(H,30,32);3-6,9-17,20H,1-2,7-8,18-19H2,(H,28,30);6-9,11-14,16-17H,1-5,10,15H2,(H,24,26)/b17-16+;16-15+;12-11+. The Morgan fingerprint density at radius 2 is 0.830 bits per heavy atom. The van der Waals surface area contributed by atoms with Gasteiger partial charge in [-0.25, -0.2) is 0 Å². The van der Waals surface area contributed by atoms with E-state index in [2.05, 4.69) is 154 Å². The third-order valence-electron chi connectivity index (χ3n) is 15.0. The number of rotatable bonds is 30. The third-order valence-corrected chi connectivity index (χ3v) is 15.0. The predicted octanol–water partition coefficient (Wildman–Crippen LogP) is 15.5. The molecule has 0 bridgehead atoms. The van der Waals surface area contributed by atoms with Gasteiger partial charge in [0.1, 0.15) is 0 Å². The number of hydrogen-bond donors (Lipinski definition) is 3. The minimum Gasteiger partial charge on any atom is -0.353 e. The summed E-state index contributed by atoms with van der Waals surface area (Å²) in [7, 11) is 0. The van der Waals surface area contributed by atoms with Crippen molar-refractivity contribution in [3.05, 3.63) is 248 Å². The van der Waals surface area contributed by atoms with E-state index in [0.29, 0.717) is 31.6 Å². The lowest BCUT2D eigenvalue weighted by molar-refractivity contribution is -0.117. The Hall–Kier alpha value is -9.88. The minimum absolute atomic E-state index is 0.0517. The van der Waals surface area contributed by atoms with E-state index in [9.17, 15) is 19.2 Å². The Bertz CT molecular complexity index is 3730. The number of amides is 3. The molecule has 0 spiro atoms. The van der Waals surface area contributed by atoms with Crippen LogP contribution >= 0.6 is 0 Å². The first-order valence-electron chi connectivity index (χ1n) is 31.0. The number of pyridine rings is 4. The average Bonchev–Trinajstić information content (AvgIpc) is 1.83. The van der Waals surface area contributed by atoms with Gasteiger partial charge in [-0.3, -0.25) is 39.1 Å². The highest BCUT2D eigenvalue weighted by molar-refractivity contribution is 6.08. The first kappa shape index (κ1) is 64.1. The van der Waals surface area contributed by atoms with Crippen LogP contribution in [-0.2, 0) is 27.5 Å². The number of nitrogens with one attached hydrogen (secondary N) is 3. The molecule has 0 fully saturated rings. The van der Waals surface area contributed by atoms with Crippen LogP contribution in [0.3, 0.4) is 0 Å². The normalized spacial score (nSPS) is 11.2. The van der Waals surface area contributed by atoms with Crippen molar-refractivity contribution in [2.75, 3.05) is 19.6 Å². The van der Waals surface area contributed by atoms with Crippen molar-refractivity contribution in [1.29, 1.82) is 0 Å². The maximum atomic E-state index is 11.9. The van der Waals surface area contributed by atoms with E-state index >= 15 is 0 Å². The van der Waals surface area contributed by atoms with Crippen molar-refractivity contribution in [1.82, 2.24) is 45.0 Å². The van der Waals surface area contributed by atoms with E-state index in [1.807, 2.05) is 36.4 Å². The first-order chi connectivity index (χ1) is 43.4. The number of hydrogen-bond acceptors (Lipinski definition) is 8. The summed E-state index contributed by atoms with van der Waals surface area (Å²) in [5, 5.41) is 12.8. The molecular formula is C75H81N9O4. The van der Waals surface area contributed by atoms with Gasteiger partial charge in [0.05, 0.1) is 5.56 Å². The zero-order valence-electron chi connectivity index (χ0n) is 50.3. The zero-order valence-corrected chi connectivity index (χ0v) is 50.3. The monoisotopic (exact) mass is 1170 g/mol. The summed E-state index contributed by atoms with van der Waals surface area (Å²) in [5.41, 5.74) is 9.83. The molecule has 0 saturated carbocycles. The van der Waals surface area contributed by atoms with Crippen molar-refractivity contribution in [3.8, 4) is 11.3 Å². The van der Waals surface area contributed by atoms with Gasteiger partial charge in [0.2, 0.25) is 11.8 Å². The van der Waals surface area contributed by atoms with Gasteiger partial charge in [0.15, 0.2) is 5.78 Å². The summed E-state index contributed by atoms with van der Waals surface area (Å²) in [5.74, 6) is -0.0361. The van der Waals surface area contributed by atoms with Gasteiger partial charge in [-0.05, 0) is 140 Å². The first-order valence-corrected chi connectivity index (χ1v) is 31.0. The Morgan fingerprint density at radius 1 is 0.386 bits per heavy atom. The Kier molecular flexibility index (Phi) is 26.9. The number of carbonyl (C=O) groups excluding carboxylic acids is 4. The number of benzene rings is 4. The number of nitrogens with zero attached hydrogens (tertiary/aromatic N) is 6. The SMILES string of the molecule is O=C(/C=C/c1cccnc1)CCCCCCCNC(=O)c1cccnc1.O=C(/C=C/c1cccnc1)NCCCCCCn1c(-c2ccccc2)cc2ccccc21.O=C(/C=C/c1cccnc1)NCCCCCCn1c2ccccc2c2ccccc21. The number of fused-ring (bicyclic) bond motifs is 4. The van der Waals surface area contributed by atoms with Crippen LogP contribution in [-0.4, -0.2) is 72.2 Å². The second kappa shape index (κ2) is 36.8. The van der Waals surface area contributed by atoms with E-state index in [-0.39, 0.29) is 23.5 Å². The van der Waals surface area contributed by atoms with E-state index in [1.54, 1.807) is 98.2 Å². The number of aryl methyl sites for hydroxylation is 2. The highest BCUT2D eigenvalue weighted by atomic mass is 16.2. The Morgan fingerprint density at radius 3 is 1.36 bits per heavy atom. The van der Waals surface area contributed by atoms with Crippen LogP contribution in [0, 0.1) is 0 Å². The summed E-state index contributed by atoms with van der Waals surface area (Å²) in [6.07, 6.45) is 38.1. The molecule has 0 aliphatic carbocycles. The summed E-state index contributed by atoms with van der Waals surface area (Å²) < 4.78 is 4.88. The molecule has 10 rings (SSSR count). The lowest BCUT2D eigenvalue weighted by Crippen LogP contribution is -2.24. The van der Waals surface area contributed by atoms with Gasteiger partial charge in [-0.2, -0.15) is 0 Å². The maximum absolute atomic E-state index is 11.9. The molecular weight excluding hydrogens is 1090 g/mol. The molecule has 0 aliphatic rings. The fourth-order valence-corrected chi connectivity index (χ4v) is 10.4. The topological polar surface area (TPSA) is 166 Å². The molecule has 88 heavy (non-hydrogen) atoms. The maximum Gasteiger partial charge on any atom is 0.252 e. The van der Waals surface area contributed by atoms with Crippen LogP contribution in [0.2, 0.25) is 0 Å². The summed E-state index contributed by atoms with van der Waals surface area (Å²) in [4.78, 5) is 63.5. The summed E-state index contributed by atoms with van der Waals surface area (Å²) >= 11 is 0. The molecule has 13 heteroatoms. The van der Waals surface area contributed by atoms with E-state index in [0.717, 1.165) is 113 Å². The Labute approximate surface area is 517 Å². The van der Waals surface area contributed by atoms with Crippen molar-refractivity contribution >= 4 is 74.4 Å². The highest BCUT2D eigenvalue weighted by Crippen LogP contribution is 2.30. The highest BCUT2D eigenvalue weighted by Gasteiger charge is 2.12. The number of para-hydroxylation sites is 3. The zero-order chi connectivity index (χ0) is 61.1. The van der Waals surface area contributed by atoms with Gasteiger partial charge in [-0.15, -0.1) is 0 Å². The summed E-state index contributed by atoms with van der Waals surface area (Å²) in [6, 6.07) is 53.6. The molecule has 450 valence electrons. The van der Waals surface area contributed by atoms with Gasteiger partial charge >= 0.3 is 0 Å². The predicted molar refractivity (Wildman–Crippen MR) is 359 cm³/mol. The number of allylic oxidation sites excluding steroid dienone is 1. The second-order valence-electron chi connectivity index (χ2n) is 21.5. The van der Waals surface area contributed by atoms with Gasteiger partial charge in [-0.1, -0.05) is 148 Å². The molecule has 4 aromatic carbocycles. The number of carbonyl (C=O) groups is 4. The minimum atomic E-state index is -0.0795.